The summed E-state index contributed by atoms with van der Waals surface area (Å²) in [6.07, 6.45) is 0. The first kappa shape index (κ1) is 24.3. The minimum absolute atomic E-state index is 0.0555. The van der Waals surface area contributed by atoms with E-state index in [1.807, 2.05) is 36.4 Å². The Morgan fingerprint density at radius 2 is 1.37 bits per heavy atom. The van der Waals surface area contributed by atoms with Gasteiger partial charge in [-0.2, -0.15) is 0 Å². The number of pyridine rings is 1. The topological polar surface area (TPSA) is 130 Å². The fourth-order valence-corrected chi connectivity index (χ4v) is 3.86. The third-order valence-corrected chi connectivity index (χ3v) is 5.56. The predicted octanol–water partition coefficient (Wildman–Crippen LogP) is 5.17. The van der Waals surface area contributed by atoms with E-state index in [0.717, 1.165) is 0 Å². The Bertz CT molecular complexity index is 1450. The molecule has 1 aromatic heterocycles. The Morgan fingerprint density at radius 3 is 2.00 bits per heavy atom. The van der Waals surface area contributed by atoms with Crippen molar-refractivity contribution in [2.75, 3.05) is 28.7 Å². The molecule has 0 saturated heterocycles. The molecule has 5 rings (SSSR count). The van der Waals surface area contributed by atoms with Gasteiger partial charge in [-0.25, -0.2) is 14.6 Å². The zero-order valence-electron chi connectivity index (χ0n) is 20.0. The second-order valence-corrected chi connectivity index (χ2v) is 8.19. The van der Waals surface area contributed by atoms with Crippen LogP contribution in [0.2, 0.25) is 0 Å². The maximum Gasteiger partial charge on any atom is 0.335 e. The summed E-state index contributed by atoms with van der Waals surface area (Å²) in [5.41, 5.74) is 1.50. The molecule has 0 spiro atoms. The van der Waals surface area contributed by atoms with Crippen LogP contribution in [0, 0.1) is 0 Å². The molecular weight excluding hydrogens is 488 g/mol. The lowest BCUT2D eigenvalue weighted by Gasteiger charge is -2.23. The molecule has 4 aromatic rings. The zero-order valence-corrected chi connectivity index (χ0v) is 20.0. The second kappa shape index (κ2) is 10.7. The number of para-hydroxylation sites is 2. The number of benzene rings is 3. The fraction of sp³-hybridized carbons (Fsp3) is 0.0714. The lowest BCUT2D eigenvalue weighted by Crippen LogP contribution is -2.30. The number of carboxylic acid groups (broad SMARTS) is 1. The Hall–Kier alpha value is -5.38. The second-order valence-electron chi connectivity index (χ2n) is 8.19. The van der Waals surface area contributed by atoms with Crippen LogP contribution in [0.1, 0.15) is 20.8 Å². The van der Waals surface area contributed by atoms with Crippen LogP contribution in [0.4, 0.5) is 27.5 Å². The number of fused-ring (bicyclic) bond motifs is 1. The number of rotatable bonds is 6. The number of hydrogen-bond acceptors (Lipinski definition) is 6. The number of aromatic nitrogens is 1. The van der Waals surface area contributed by atoms with E-state index in [2.05, 4.69) is 15.6 Å². The van der Waals surface area contributed by atoms with E-state index in [9.17, 15) is 19.5 Å². The number of ether oxygens (including phenoxy) is 2. The van der Waals surface area contributed by atoms with E-state index in [-0.39, 0.29) is 28.5 Å². The van der Waals surface area contributed by atoms with E-state index < -0.39 is 17.9 Å². The molecule has 190 valence electrons. The molecule has 10 heteroatoms. The van der Waals surface area contributed by atoms with Crippen molar-refractivity contribution < 1.29 is 29.0 Å². The lowest BCUT2D eigenvalue weighted by atomic mass is 10.1. The van der Waals surface area contributed by atoms with Crippen molar-refractivity contribution in [3.05, 3.63) is 102 Å². The molecule has 0 bridgehead atoms. The van der Waals surface area contributed by atoms with Crippen molar-refractivity contribution >= 4 is 40.7 Å². The lowest BCUT2D eigenvalue weighted by molar-refractivity contribution is 0.0696. The van der Waals surface area contributed by atoms with Crippen LogP contribution < -0.4 is 25.0 Å². The predicted molar refractivity (Wildman–Crippen MR) is 141 cm³/mol. The van der Waals surface area contributed by atoms with Gasteiger partial charge in [0, 0.05) is 11.4 Å². The number of anilines is 4. The highest BCUT2D eigenvalue weighted by molar-refractivity contribution is 6.08. The monoisotopic (exact) mass is 510 g/mol. The average molecular weight is 511 g/mol. The fourth-order valence-electron chi connectivity index (χ4n) is 3.86. The Morgan fingerprint density at radius 1 is 0.763 bits per heavy atom. The smallest absolute Gasteiger partial charge is 0.335 e. The van der Waals surface area contributed by atoms with Crippen LogP contribution in [0.25, 0.3) is 0 Å². The van der Waals surface area contributed by atoms with Gasteiger partial charge >= 0.3 is 12.0 Å². The Balaban J connectivity index is 1.41. The molecule has 0 unspecified atom stereocenters. The molecule has 0 fully saturated rings. The van der Waals surface area contributed by atoms with Gasteiger partial charge in [-0.1, -0.05) is 36.4 Å². The minimum atomic E-state index is -1.22. The molecule has 0 aliphatic carbocycles. The minimum Gasteiger partial charge on any atom is -0.484 e. The van der Waals surface area contributed by atoms with Crippen LogP contribution >= 0.6 is 0 Å². The maximum atomic E-state index is 13.4. The molecule has 10 nitrogen and oxygen atoms in total. The molecule has 1 aliphatic heterocycles. The first-order valence-corrected chi connectivity index (χ1v) is 11.7. The molecule has 0 saturated carbocycles. The number of hydrogen-bond donors (Lipinski definition) is 3. The van der Waals surface area contributed by atoms with Gasteiger partial charge in [-0.15, -0.1) is 0 Å². The molecule has 3 aromatic carbocycles. The molecular formula is C28H22N4O6. The van der Waals surface area contributed by atoms with Gasteiger partial charge in [0.1, 0.15) is 18.9 Å². The van der Waals surface area contributed by atoms with Crippen LogP contribution in [0.3, 0.4) is 0 Å². The van der Waals surface area contributed by atoms with Gasteiger partial charge in [0.2, 0.25) is 0 Å². The molecule has 3 amide bonds. The van der Waals surface area contributed by atoms with Gasteiger partial charge in [-0.05, 0) is 54.6 Å². The van der Waals surface area contributed by atoms with Crippen molar-refractivity contribution in [1.29, 1.82) is 0 Å². The molecule has 2 heterocycles. The average Bonchev–Trinajstić information content (AvgIpc) is 2.94. The van der Waals surface area contributed by atoms with Gasteiger partial charge in [0.25, 0.3) is 11.8 Å². The molecule has 0 atom stereocenters. The number of nitrogens with zero attached hydrogens (tertiary/aromatic N) is 2. The van der Waals surface area contributed by atoms with Crippen LogP contribution in [0.15, 0.2) is 91.0 Å². The summed E-state index contributed by atoms with van der Waals surface area (Å²) in [4.78, 5) is 43.8. The number of aromatic carboxylic acids is 1. The van der Waals surface area contributed by atoms with E-state index in [1.54, 1.807) is 30.3 Å². The highest BCUT2D eigenvalue weighted by Crippen LogP contribution is 2.29. The zero-order chi connectivity index (χ0) is 26.5. The number of carbonyl (C=O) groups is 3. The molecule has 1 aliphatic rings. The third kappa shape index (κ3) is 5.39. The summed E-state index contributed by atoms with van der Waals surface area (Å²) in [6, 6.07) is 24.7. The Kier molecular flexibility index (Phi) is 6.85. The van der Waals surface area contributed by atoms with E-state index in [0.29, 0.717) is 30.3 Å². The van der Waals surface area contributed by atoms with Gasteiger partial charge in [0.05, 0.1) is 16.9 Å². The molecule has 38 heavy (non-hydrogen) atoms. The highest BCUT2D eigenvalue weighted by Gasteiger charge is 2.20. The quantitative estimate of drug-likeness (QED) is 0.326. The largest absolute Gasteiger partial charge is 0.484 e. The first-order chi connectivity index (χ1) is 18.5. The van der Waals surface area contributed by atoms with E-state index in [4.69, 9.17) is 9.47 Å². The maximum absolute atomic E-state index is 13.4. The molecule has 3 N–H and O–H groups in total. The third-order valence-electron chi connectivity index (χ3n) is 5.56. The van der Waals surface area contributed by atoms with Crippen molar-refractivity contribution in [2.45, 2.75) is 0 Å². The standard InChI is InChI=1S/C28H22N4O6/c33-25(23-11-12-24-26(31-23)38-14-13-37-24)29-19-15-18(27(34)35)16-20(17-19)30-28(36)32(21-7-3-1-4-8-21)22-9-5-2-6-10-22/h1-12,15-17H,13-14H2,(H,29,33)(H,30,36)(H,34,35). The first-order valence-electron chi connectivity index (χ1n) is 11.7. The number of carboxylic acids is 1. The van der Waals surface area contributed by atoms with E-state index in [1.165, 1.54) is 29.2 Å². The van der Waals surface area contributed by atoms with Crippen molar-refractivity contribution in [3.63, 3.8) is 0 Å². The summed E-state index contributed by atoms with van der Waals surface area (Å²) in [7, 11) is 0. The van der Waals surface area contributed by atoms with E-state index >= 15 is 0 Å². The van der Waals surface area contributed by atoms with Gasteiger partial charge < -0.3 is 25.2 Å². The van der Waals surface area contributed by atoms with Gasteiger partial charge in [-0.3, -0.25) is 9.69 Å². The van der Waals surface area contributed by atoms with Crippen LogP contribution in [0.5, 0.6) is 11.6 Å². The normalized spacial score (nSPS) is 11.8. The number of carbonyl (C=O) groups excluding carboxylic acids is 2. The van der Waals surface area contributed by atoms with Crippen LogP contribution in [-0.2, 0) is 0 Å². The number of nitrogens with one attached hydrogen (secondary N) is 2. The summed E-state index contributed by atoms with van der Waals surface area (Å²) in [5, 5.41) is 15.0. The summed E-state index contributed by atoms with van der Waals surface area (Å²) in [5.74, 6) is -1.17. The molecule has 0 radical (unpaired) electrons. The number of amides is 3. The number of urea groups is 1. The van der Waals surface area contributed by atoms with Crippen molar-refractivity contribution in [3.8, 4) is 11.6 Å². The highest BCUT2D eigenvalue weighted by atomic mass is 16.6. The Labute approximate surface area is 217 Å². The van der Waals surface area contributed by atoms with Crippen molar-refractivity contribution in [2.24, 2.45) is 0 Å². The SMILES string of the molecule is O=C(O)c1cc(NC(=O)c2ccc3c(n2)OCCO3)cc(NC(=O)N(c2ccccc2)c2ccccc2)c1. The van der Waals surface area contributed by atoms with Crippen LogP contribution in [-0.4, -0.2) is 41.2 Å². The van der Waals surface area contributed by atoms with Crippen molar-refractivity contribution in [1.82, 2.24) is 4.98 Å². The van der Waals surface area contributed by atoms with Gasteiger partial charge in [0.15, 0.2) is 5.75 Å². The summed E-state index contributed by atoms with van der Waals surface area (Å²) < 4.78 is 10.9. The summed E-state index contributed by atoms with van der Waals surface area (Å²) >= 11 is 0. The summed E-state index contributed by atoms with van der Waals surface area (Å²) in [6.45, 7) is 0.709.